The first-order valence-corrected chi connectivity index (χ1v) is 8.58. The standard InChI is InChI=1S/C21H20FN3O3/c1-14-10-11-18(21(24-14)28-17-8-5-7-16(22)12-17)20(25-26)23-13-15-6-3-4-9-19(15)27-2/h3-12,26H,13H2,1-2H3,(H,23,25). The molecule has 0 fully saturated rings. The molecule has 1 aromatic heterocycles. The van der Waals surface area contributed by atoms with Gasteiger partial charge in [0.2, 0.25) is 5.88 Å². The van der Waals surface area contributed by atoms with Gasteiger partial charge in [-0.1, -0.05) is 24.3 Å². The molecule has 144 valence electrons. The Morgan fingerprint density at radius 3 is 2.71 bits per heavy atom. The minimum absolute atomic E-state index is 0.171. The topological polar surface area (TPSA) is 76.0 Å². The van der Waals surface area contributed by atoms with Gasteiger partial charge in [-0.25, -0.2) is 9.37 Å². The van der Waals surface area contributed by atoms with Crippen molar-refractivity contribution in [2.45, 2.75) is 13.5 Å². The number of nitrogens with one attached hydrogen (secondary N) is 1. The molecule has 0 atom stereocenters. The SMILES string of the molecule is COc1ccccc1CN=C(NO)c1ccc(C)nc1Oc1cccc(F)c1. The maximum atomic E-state index is 13.5. The van der Waals surface area contributed by atoms with E-state index in [1.54, 1.807) is 38.3 Å². The Balaban J connectivity index is 1.93. The second kappa shape index (κ2) is 8.96. The van der Waals surface area contributed by atoms with Gasteiger partial charge in [0.25, 0.3) is 0 Å². The molecule has 28 heavy (non-hydrogen) atoms. The molecule has 1 heterocycles. The van der Waals surface area contributed by atoms with Crippen molar-refractivity contribution in [3.05, 3.63) is 83.3 Å². The van der Waals surface area contributed by atoms with Gasteiger partial charge >= 0.3 is 0 Å². The fraction of sp³-hybridized carbons (Fsp3) is 0.143. The molecular weight excluding hydrogens is 361 g/mol. The number of pyridine rings is 1. The lowest BCUT2D eigenvalue weighted by Gasteiger charge is -2.13. The first kappa shape index (κ1) is 19.3. The Kier molecular flexibility index (Phi) is 6.18. The number of aromatic nitrogens is 1. The van der Waals surface area contributed by atoms with Crippen LogP contribution in [0.4, 0.5) is 4.39 Å². The first-order valence-electron chi connectivity index (χ1n) is 8.58. The van der Waals surface area contributed by atoms with E-state index in [0.717, 1.165) is 5.56 Å². The second-order valence-corrected chi connectivity index (χ2v) is 5.95. The van der Waals surface area contributed by atoms with Crippen LogP contribution in [0.5, 0.6) is 17.4 Å². The summed E-state index contributed by atoms with van der Waals surface area (Å²) in [5, 5.41) is 9.63. The third kappa shape index (κ3) is 4.63. The minimum Gasteiger partial charge on any atom is -0.496 e. The molecule has 7 heteroatoms. The molecule has 0 aliphatic heterocycles. The lowest BCUT2D eigenvalue weighted by atomic mass is 10.2. The quantitative estimate of drug-likeness (QED) is 0.379. The normalized spacial score (nSPS) is 11.2. The summed E-state index contributed by atoms with van der Waals surface area (Å²) in [6.07, 6.45) is 0. The van der Waals surface area contributed by atoms with Crippen LogP contribution >= 0.6 is 0 Å². The van der Waals surface area contributed by atoms with Gasteiger partial charge in [-0.05, 0) is 37.3 Å². The van der Waals surface area contributed by atoms with Gasteiger partial charge in [0.05, 0.1) is 19.2 Å². The van der Waals surface area contributed by atoms with Gasteiger partial charge in [-0.3, -0.25) is 15.7 Å². The van der Waals surface area contributed by atoms with E-state index in [2.05, 4.69) is 15.5 Å². The summed E-state index contributed by atoms with van der Waals surface area (Å²) in [6, 6.07) is 16.7. The number of aliphatic imine (C=N–C) groups is 1. The van der Waals surface area contributed by atoms with Crippen molar-refractivity contribution < 1.29 is 19.1 Å². The number of ether oxygens (including phenoxy) is 2. The molecule has 2 N–H and O–H groups in total. The van der Waals surface area contributed by atoms with Crippen molar-refractivity contribution in [3.8, 4) is 17.4 Å². The van der Waals surface area contributed by atoms with Crippen LogP contribution in [0.1, 0.15) is 16.8 Å². The Morgan fingerprint density at radius 2 is 1.96 bits per heavy atom. The molecule has 2 aromatic carbocycles. The summed E-state index contributed by atoms with van der Waals surface area (Å²) >= 11 is 0. The van der Waals surface area contributed by atoms with E-state index in [1.165, 1.54) is 12.1 Å². The first-order chi connectivity index (χ1) is 13.6. The molecule has 0 spiro atoms. The fourth-order valence-corrected chi connectivity index (χ4v) is 2.61. The number of benzene rings is 2. The average molecular weight is 381 g/mol. The van der Waals surface area contributed by atoms with Gasteiger partial charge in [0.1, 0.15) is 17.3 Å². The Hall–Kier alpha value is -3.45. The number of methoxy groups -OCH3 is 1. The van der Waals surface area contributed by atoms with E-state index in [0.29, 0.717) is 22.8 Å². The highest BCUT2D eigenvalue weighted by Crippen LogP contribution is 2.25. The Labute approximate surface area is 162 Å². The minimum atomic E-state index is -0.419. The van der Waals surface area contributed by atoms with Crippen LogP contribution < -0.4 is 15.0 Å². The maximum absolute atomic E-state index is 13.5. The lowest BCUT2D eigenvalue weighted by Crippen LogP contribution is -2.22. The summed E-state index contributed by atoms with van der Waals surface area (Å²) in [6.45, 7) is 2.07. The molecule has 0 bridgehead atoms. The number of rotatable bonds is 6. The number of hydrogen-bond acceptors (Lipinski definition) is 5. The van der Waals surface area contributed by atoms with Gasteiger partial charge in [0, 0.05) is 17.3 Å². The lowest BCUT2D eigenvalue weighted by molar-refractivity contribution is 0.234. The number of aryl methyl sites for hydroxylation is 1. The number of halogens is 1. The van der Waals surface area contributed by atoms with Crippen LogP contribution in [0.15, 0.2) is 65.7 Å². The van der Waals surface area contributed by atoms with Crippen molar-refractivity contribution in [1.29, 1.82) is 0 Å². The Morgan fingerprint density at radius 1 is 1.14 bits per heavy atom. The van der Waals surface area contributed by atoms with Crippen LogP contribution in [0.3, 0.4) is 0 Å². The van der Waals surface area contributed by atoms with E-state index >= 15 is 0 Å². The number of hydrogen-bond donors (Lipinski definition) is 2. The van der Waals surface area contributed by atoms with Crippen molar-refractivity contribution in [1.82, 2.24) is 10.5 Å². The molecule has 0 saturated heterocycles. The molecule has 0 saturated carbocycles. The van der Waals surface area contributed by atoms with E-state index < -0.39 is 5.82 Å². The largest absolute Gasteiger partial charge is 0.496 e. The molecule has 3 aromatic rings. The number of para-hydroxylation sites is 1. The molecule has 0 aliphatic carbocycles. The number of amidine groups is 1. The molecule has 0 radical (unpaired) electrons. The zero-order valence-corrected chi connectivity index (χ0v) is 15.5. The summed E-state index contributed by atoms with van der Waals surface area (Å²) in [4.78, 5) is 8.78. The second-order valence-electron chi connectivity index (χ2n) is 5.95. The Bertz CT molecular complexity index is 992. The summed E-state index contributed by atoms with van der Waals surface area (Å²) < 4.78 is 24.5. The predicted molar refractivity (Wildman–Crippen MR) is 104 cm³/mol. The highest BCUT2D eigenvalue weighted by Gasteiger charge is 2.14. The zero-order chi connectivity index (χ0) is 19.9. The summed E-state index contributed by atoms with van der Waals surface area (Å²) in [5.74, 6) is 0.941. The van der Waals surface area contributed by atoms with Crippen molar-refractivity contribution in [3.63, 3.8) is 0 Å². The van der Waals surface area contributed by atoms with Crippen molar-refractivity contribution >= 4 is 5.84 Å². The third-order valence-corrected chi connectivity index (χ3v) is 3.97. The van der Waals surface area contributed by atoms with Gasteiger partial charge in [-0.2, -0.15) is 0 Å². The monoisotopic (exact) mass is 381 g/mol. The van der Waals surface area contributed by atoms with Crippen LogP contribution in [-0.2, 0) is 6.54 Å². The van der Waals surface area contributed by atoms with E-state index in [-0.39, 0.29) is 18.3 Å². The third-order valence-electron chi connectivity index (χ3n) is 3.97. The van der Waals surface area contributed by atoms with E-state index in [1.807, 2.05) is 24.3 Å². The molecule has 0 unspecified atom stereocenters. The number of nitrogens with zero attached hydrogens (tertiary/aromatic N) is 2. The fourth-order valence-electron chi connectivity index (χ4n) is 2.61. The molecule has 3 rings (SSSR count). The number of hydroxylamine groups is 1. The summed E-state index contributed by atoms with van der Waals surface area (Å²) in [5.41, 5.74) is 4.09. The molecule has 0 aliphatic rings. The molecular formula is C21H20FN3O3. The molecule has 0 amide bonds. The van der Waals surface area contributed by atoms with Crippen molar-refractivity contribution in [2.24, 2.45) is 4.99 Å². The predicted octanol–water partition coefficient (Wildman–Crippen LogP) is 4.26. The van der Waals surface area contributed by atoms with E-state index in [4.69, 9.17) is 9.47 Å². The van der Waals surface area contributed by atoms with Crippen LogP contribution in [0.2, 0.25) is 0 Å². The molecule has 6 nitrogen and oxygen atoms in total. The van der Waals surface area contributed by atoms with Gasteiger partial charge < -0.3 is 9.47 Å². The summed E-state index contributed by atoms with van der Waals surface area (Å²) in [7, 11) is 1.59. The van der Waals surface area contributed by atoms with Crippen molar-refractivity contribution in [2.75, 3.05) is 7.11 Å². The van der Waals surface area contributed by atoms with Crippen LogP contribution in [0.25, 0.3) is 0 Å². The zero-order valence-electron chi connectivity index (χ0n) is 15.5. The highest BCUT2D eigenvalue weighted by molar-refractivity contribution is 6.00. The van der Waals surface area contributed by atoms with Crippen LogP contribution in [-0.4, -0.2) is 23.1 Å². The van der Waals surface area contributed by atoms with Gasteiger partial charge in [0.15, 0.2) is 5.84 Å². The average Bonchev–Trinajstić information content (AvgIpc) is 2.70. The highest BCUT2D eigenvalue weighted by atomic mass is 19.1. The smallest absolute Gasteiger partial charge is 0.230 e. The maximum Gasteiger partial charge on any atom is 0.230 e. The van der Waals surface area contributed by atoms with Gasteiger partial charge in [-0.15, -0.1) is 0 Å². The van der Waals surface area contributed by atoms with Crippen LogP contribution in [0, 0.1) is 12.7 Å². The van der Waals surface area contributed by atoms with E-state index in [9.17, 15) is 9.60 Å².